The minimum atomic E-state index is -4.17. The Morgan fingerprint density at radius 2 is 1.47 bits per heavy atom. The van der Waals surface area contributed by atoms with Crippen molar-refractivity contribution in [3.8, 4) is 0 Å². The molecule has 0 aliphatic heterocycles. The molecule has 0 aliphatic rings. The molecule has 0 unspecified atom stereocenters. The lowest BCUT2D eigenvalue weighted by molar-refractivity contribution is -0.181. The van der Waals surface area contributed by atoms with Gasteiger partial charge in [0.2, 0.25) is 0 Å². The molecule has 0 atom stereocenters. The maximum atomic E-state index is 12.3. The van der Waals surface area contributed by atoms with Crippen LogP contribution in [0.15, 0.2) is 0 Å². The zero-order valence-corrected chi connectivity index (χ0v) is 11.7. The molecule has 17 heavy (non-hydrogen) atoms. The van der Waals surface area contributed by atoms with Crippen molar-refractivity contribution < 1.29 is 17.9 Å². The van der Waals surface area contributed by atoms with Crippen LogP contribution in [0.1, 0.15) is 54.4 Å². The maximum absolute atomic E-state index is 12.3. The summed E-state index contributed by atoms with van der Waals surface area (Å²) in [6.45, 7) is 11.8. The van der Waals surface area contributed by atoms with E-state index in [9.17, 15) is 13.2 Å². The second-order valence-electron chi connectivity index (χ2n) is 6.29. The normalized spacial score (nSPS) is 14.5. The van der Waals surface area contributed by atoms with Crippen LogP contribution < -0.4 is 0 Å². The summed E-state index contributed by atoms with van der Waals surface area (Å²) in [5.41, 5.74) is -1.04. The van der Waals surface area contributed by atoms with Crippen LogP contribution in [0.2, 0.25) is 0 Å². The highest BCUT2D eigenvalue weighted by atomic mass is 19.4. The molecule has 0 fully saturated rings. The van der Waals surface area contributed by atoms with Gasteiger partial charge in [0, 0.05) is 6.61 Å². The van der Waals surface area contributed by atoms with Gasteiger partial charge >= 0.3 is 6.18 Å². The predicted octanol–water partition coefficient (Wildman–Crippen LogP) is 4.81. The Morgan fingerprint density at radius 3 is 1.82 bits per heavy atom. The fourth-order valence-electron chi connectivity index (χ4n) is 1.41. The third-order valence-electron chi connectivity index (χ3n) is 3.43. The number of hydrogen-bond acceptors (Lipinski definition) is 1. The lowest BCUT2D eigenvalue weighted by Crippen LogP contribution is -2.33. The second-order valence-corrected chi connectivity index (χ2v) is 6.29. The van der Waals surface area contributed by atoms with Gasteiger partial charge in [-0.1, -0.05) is 27.7 Å². The first kappa shape index (κ1) is 16.8. The van der Waals surface area contributed by atoms with Crippen LogP contribution in [-0.2, 0) is 4.74 Å². The molecule has 1 nitrogen and oxygen atoms in total. The Labute approximate surface area is 103 Å². The zero-order valence-electron chi connectivity index (χ0n) is 11.7. The van der Waals surface area contributed by atoms with E-state index in [1.165, 1.54) is 13.8 Å². The molecule has 0 aromatic heterocycles. The molecule has 0 aliphatic carbocycles. The summed E-state index contributed by atoms with van der Waals surface area (Å²) in [7, 11) is 0. The molecule has 0 radical (unpaired) electrons. The molecule has 104 valence electrons. The Hall–Kier alpha value is -0.250. The SMILES string of the molecule is CC(C)C(C)(C)CCOC(C)(C)CC(F)(F)F. The number of hydrogen-bond donors (Lipinski definition) is 0. The maximum Gasteiger partial charge on any atom is 0.391 e. The van der Waals surface area contributed by atoms with Crippen LogP contribution in [0.5, 0.6) is 0 Å². The van der Waals surface area contributed by atoms with Crippen LogP contribution in [0, 0.1) is 11.3 Å². The topological polar surface area (TPSA) is 9.23 Å². The molecule has 0 heterocycles. The predicted molar refractivity (Wildman–Crippen MR) is 63.9 cm³/mol. The third kappa shape index (κ3) is 7.63. The van der Waals surface area contributed by atoms with E-state index >= 15 is 0 Å². The van der Waals surface area contributed by atoms with E-state index in [1.807, 2.05) is 0 Å². The minimum Gasteiger partial charge on any atom is -0.375 e. The highest BCUT2D eigenvalue weighted by Gasteiger charge is 2.37. The van der Waals surface area contributed by atoms with Gasteiger partial charge in [0.05, 0.1) is 12.0 Å². The molecule has 0 amide bonds. The van der Waals surface area contributed by atoms with Crippen molar-refractivity contribution in [2.45, 2.75) is 66.2 Å². The van der Waals surface area contributed by atoms with Crippen molar-refractivity contribution in [1.82, 2.24) is 0 Å². The van der Waals surface area contributed by atoms with E-state index in [0.717, 1.165) is 6.42 Å². The fraction of sp³-hybridized carbons (Fsp3) is 1.00. The standard InChI is InChI=1S/C13H25F3O/c1-10(2)11(3,4)7-8-17-12(5,6)9-13(14,15)16/h10H,7-9H2,1-6H3. The molecule has 0 spiro atoms. The number of rotatable bonds is 6. The van der Waals surface area contributed by atoms with Crippen molar-refractivity contribution in [1.29, 1.82) is 0 Å². The van der Waals surface area contributed by atoms with E-state index in [1.54, 1.807) is 0 Å². The molecule has 0 rings (SSSR count). The smallest absolute Gasteiger partial charge is 0.375 e. The molecule has 4 heteroatoms. The Bertz CT molecular complexity index is 229. The molecule has 0 N–H and O–H groups in total. The average molecular weight is 254 g/mol. The van der Waals surface area contributed by atoms with Crippen LogP contribution in [-0.4, -0.2) is 18.4 Å². The number of halogens is 3. The molecular formula is C13H25F3O. The first-order valence-electron chi connectivity index (χ1n) is 6.06. The van der Waals surface area contributed by atoms with Gasteiger partial charge in [0.25, 0.3) is 0 Å². The largest absolute Gasteiger partial charge is 0.391 e. The first-order valence-corrected chi connectivity index (χ1v) is 6.06. The van der Waals surface area contributed by atoms with Crippen molar-refractivity contribution in [3.05, 3.63) is 0 Å². The van der Waals surface area contributed by atoms with E-state index in [-0.39, 0.29) is 5.41 Å². The summed E-state index contributed by atoms with van der Waals surface area (Å²) in [5, 5.41) is 0. The lowest BCUT2D eigenvalue weighted by atomic mass is 9.78. The molecule has 0 bridgehead atoms. The number of ether oxygens (including phenoxy) is 1. The molecule has 0 saturated heterocycles. The van der Waals surface area contributed by atoms with Gasteiger partial charge in [-0.15, -0.1) is 0 Å². The second kappa shape index (κ2) is 5.59. The van der Waals surface area contributed by atoms with Crippen molar-refractivity contribution in [2.75, 3.05) is 6.61 Å². The van der Waals surface area contributed by atoms with Crippen LogP contribution in [0.4, 0.5) is 13.2 Å². The van der Waals surface area contributed by atoms with Gasteiger partial charge in [0.1, 0.15) is 0 Å². The van der Waals surface area contributed by atoms with Crippen LogP contribution >= 0.6 is 0 Å². The summed E-state index contributed by atoms with van der Waals surface area (Å²) >= 11 is 0. The monoisotopic (exact) mass is 254 g/mol. The Kier molecular flexibility index (Phi) is 5.51. The number of alkyl halides is 3. The summed E-state index contributed by atoms with van der Waals surface area (Å²) in [6.07, 6.45) is -4.30. The summed E-state index contributed by atoms with van der Waals surface area (Å²) in [6, 6.07) is 0. The highest BCUT2D eigenvalue weighted by Crippen LogP contribution is 2.33. The fourth-order valence-corrected chi connectivity index (χ4v) is 1.41. The molecule has 0 aromatic carbocycles. The summed E-state index contributed by atoms with van der Waals surface area (Å²) in [4.78, 5) is 0. The third-order valence-corrected chi connectivity index (χ3v) is 3.43. The van der Waals surface area contributed by atoms with E-state index < -0.39 is 18.2 Å². The van der Waals surface area contributed by atoms with Gasteiger partial charge in [-0.3, -0.25) is 0 Å². The molecular weight excluding hydrogens is 229 g/mol. The Morgan fingerprint density at radius 1 is 1.00 bits per heavy atom. The quantitative estimate of drug-likeness (QED) is 0.661. The van der Waals surface area contributed by atoms with Gasteiger partial charge < -0.3 is 4.74 Å². The van der Waals surface area contributed by atoms with Crippen LogP contribution in [0.3, 0.4) is 0 Å². The average Bonchev–Trinajstić information content (AvgIpc) is 1.97. The van der Waals surface area contributed by atoms with E-state index in [2.05, 4.69) is 27.7 Å². The van der Waals surface area contributed by atoms with Gasteiger partial charge in [-0.05, 0) is 31.6 Å². The minimum absolute atomic E-state index is 0.0916. The highest BCUT2D eigenvalue weighted by molar-refractivity contribution is 4.76. The van der Waals surface area contributed by atoms with Gasteiger partial charge in [-0.25, -0.2) is 0 Å². The van der Waals surface area contributed by atoms with Gasteiger partial charge in [0.15, 0.2) is 0 Å². The van der Waals surface area contributed by atoms with Gasteiger partial charge in [-0.2, -0.15) is 13.2 Å². The van der Waals surface area contributed by atoms with E-state index in [0.29, 0.717) is 12.5 Å². The first-order chi connectivity index (χ1) is 7.36. The van der Waals surface area contributed by atoms with Crippen LogP contribution in [0.25, 0.3) is 0 Å². The van der Waals surface area contributed by atoms with E-state index in [4.69, 9.17) is 4.74 Å². The van der Waals surface area contributed by atoms with Crippen molar-refractivity contribution in [3.63, 3.8) is 0 Å². The molecule has 0 saturated carbocycles. The van der Waals surface area contributed by atoms with Crippen molar-refractivity contribution >= 4 is 0 Å². The zero-order chi connectivity index (χ0) is 13.9. The molecule has 0 aromatic rings. The Balaban J connectivity index is 4.12. The lowest BCUT2D eigenvalue weighted by Gasteiger charge is -2.32. The summed E-state index contributed by atoms with van der Waals surface area (Å²) < 4.78 is 42.2. The van der Waals surface area contributed by atoms with Crippen molar-refractivity contribution in [2.24, 2.45) is 11.3 Å². The summed E-state index contributed by atoms with van der Waals surface area (Å²) in [5.74, 6) is 0.483.